The average molecular weight is 313 g/mol. The summed E-state index contributed by atoms with van der Waals surface area (Å²) in [4.78, 5) is 23.6. The Morgan fingerprint density at radius 2 is 2.04 bits per heavy atom. The topological polar surface area (TPSA) is 73.2 Å². The van der Waals surface area contributed by atoms with Crippen molar-refractivity contribution < 1.29 is 14.3 Å². The van der Waals surface area contributed by atoms with Crippen molar-refractivity contribution in [2.75, 3.05) is 12.4 Å². The highest BCUT2D eigenvalue weighted by molar-refractivity contribution is 5.94. The number of esters is 1. The fourth-order valence-corrected chi connectivity index (χ4v) is 2.90. The van der Waals surface area contributed by atoms with Crippen LogP contribution in [0.5, 0.6) is 0 Å². The molecular weight excluding hydrogens is 294 g/mol. The van der Waals surface area contributed by atoms with Crippen LogP contribution in [0.2, 0.25) is 0 Å². The number of aromatic nitrogens is 2. The molecule has 2 heterocycles. The van der Waals surface area contributed by atoms with Crippen LogP contribution >= 0.6 is 0 Å². The lowest BCUT2D eigenvalue weighted by Crippen LogP contribution is -2.25. The van der Waals surface area contributed by atoms with E-state index in [1.54, 1.807) is 12.1 Å². The molecule has 23 heavy (non-hydrogen) atoms. The first-order chi connectivity index (χ1) is 11.0. The van der Waals surface area contributed by atoms with Crippen molar-refractivity contribution in [3.8, 4) is 0 Å². The minimum atomic E-state index is -0.369. The normalized spacial score (nSPS) is 16.9. The second kappa shape index (κ2) is 5.87. The maximum absolute atomic E-state index is 12.1. The number of rotatable bonds is 3. The van der Waals surface area contributed by atoms with Crippen LogP contribution in [0.3, 0.4) is 0 Å². The van der Waals surface area contributed by atoms with Crippen LogP contribution in [0.15, 0.2) is 30.5 Å². The second-order valence-corrected chi connectivity index (χ2v) is 5.91. The van der Waals surface area contributed by atoms with Gasteiger partial charge in [0.25, 0.3) is 0 Å². The van der Waals surface area contributed by atoms with Crippen molar-refractivity contribution in [1.82, 2.24) is 9.78 Å². The van der Waals surface area contributed by atoms with Gasteiger partial charge in [-0.3, -0.25) is 4.79 Å². The molecule has 0 unspecified atom stereocenters. The number of anilines is 1. The molecule has 120 valence electrons. The number of methoxy groups -OCH3 is 1. The van der Waals surface area contributed by atoms with Crippen molar-refractivity contribution >= 4 is 17.7 Å². The number of ether oxygens (including phenoxy) is 1. The first-order valence-corrected chi connectivity index (χ1v) is 7.56. The average Bonchev–Trinajstić information content (AvgIpc) is 2.97. The highest BCUT2D eigenvalue weighted by Crippen LogP contribution is 2.37. The Hall–Kier alpha value is -2.63. The van der Waals surface area contributed by atoms with E-state index in [1.807, 2.05) is 36.9 Å². The van der Waals surface area contributed by atoms with Crippen molar-refractivity contribution in [2.24, 2.45) is 0 Å². The van der Waals surface area contributed by atoms with Crippen molar-refractivity contribution in [3.63, 3.8) is 0 Å². The molecule has 6 nitrogen and oxygen atoms in total. The Balaban J connectivity index is 1.98. The molecule has 1 aromatic heterocycles. The van der Waals surface area contributed by atoms with E-state index in [9.17, 15) is 9.59 Å². The van der Waals surface area contributed by atoms with Gasteiger partial charge in [0, 0.05) is 23.9 Å². The molecule has 1 aliphatic heterocycles. The van der Waals surface area contributed by atoms with Gasteiger partial charge in [-0.25, -0.2) is 9.48 Å². The van der Waals surface area contributed by atoms with Crippen LogP contribution in [-0.2, 0) is 9.53 Å². The number of carbonyl (C=O) groups excluding carboxylic acids is 2. The van der Waals surface area contributed by atoms with Crippen molar-refractivity contribution in [1.29, 1.82) is 0 Å². The Morgan fingerprint density at radius 1 is 1.35 bits per heavy atom. The number of hydrogen-bond donors (Lipinski definition) is 1. The molecule has 0 spiro atoms. The molecule has 2 aromatic rings. The van der Waals surface area contributed by atoms with E-state index >= 15 is 0 Å². The summed E-state index contributed by atoms with van der Waals surface area (Å²) in [5, 5.41) is 7.31. The van der Waals surface area contributed by atoms with Gasteiger partial charge in [-0.1, -0.05) is 12.1 Å². The fourth-order valence-electron chi connectivity index (χ4n) is 2.90. The minimum Gasteiger partial charge on any atom is -0.465 e. The Kier molecular flexibility index (Phi) is 3.90. The van der Waals surface area contributed by atoms with Gasteiger partial charge in [0.15, 0.2) is 0 Å². The standard InChI is InChI=1S/C17H19N3O3/c1-10(2)20-16-14(9-18-20)13(8-15(21)19-16)11-4-6-12(7-5-11)17(22)23-3/h4-7,9-10,13H,8H2,1-3H3,(H,19,21)/t13-/m1/s1. The molecule has 0 bridgehead atoms. The van der Waals surface area contributed by atoms with E-state index < -0.39 is 0 Å². The first kappa shape index (κ1) is 15.3. The van der Waals surface area contributed by atoms with Crippen LogP contribution < -0.4 is 5.32 Å². The molecule has 0 saturated carbocycles. The largest absolute Gasteiger partial charge is 0.465 e. The molecular formula is C17H19N3O3. The lowest BCUT2D eigenvalue weighted by atomic mass is 9.87. The number of amides is 1. The molecule has 6 heteroatoms. The highest BCUT2D eigenvalue weighted by Gasteiger charge is 2.30. The number of nitrogens with zero attached hydrogens (tertiary/aromatic N) is 2. The molecule has 0 aliphatic carbocycles. The molecule has 3 rings (SSSR count). The molecule has 0 saturated heterocycles. The summed E-state index contributed by atoms with van der Waals surface area (Å²) in [5.41, 5.74) is 2.48. The van der Waals surface area contributed by atoms with E-state index in [0.717, 1.165) is 16.9 Å². The third-order valence-electron chi connectivity index (χ3n) is 4.07. The van der Waals surface area contributed by atoms with Gasteiger partial charge in [0.2, 0.25) is 5.91 Å². The minimum absolute atomic E-state index is 0.0260. The van der Waals surface area contributed by atoms with Gasteiger partial charge >= 0.3 is 5.97 Å². The SMILES string of the molecule is COC(=O)c1ccc([C@H]2CC(=O)Nc3c2cnn3C(C)C)cc1. The second-order valence-electron chi connectivity index (χ2n) is 5.91. The van der Waals surface area contributed by atoms with Crippen LogP contribution in [0.4, 0.5) is 5.82 Å². The summed E-state index contributed by atoms with van der Waals surface area (Å²) in [6, 6.07) is 7.35. The monoisotopic (exact) mass is 313 g/mol. The smallest absolute Gasteiger partial charge is 0.337 e. The number of fused-ring (bicyclic) bond motifs is 1. The first-order valence-electron chi connectivity index (χ1n) is 7.56. The third-order valence-corrected chi connectivity index (χ3v) is 4.07. The summed E-state index contributed by atoms with van der Waals surface area (Å²) in [7, 11) is 1.36. The molecule has 0 fully saturated rings. The summed E-state index contributed by atoms with van der Waals surface area (Å²) < 4.78 is 6.53. The molecule has 1 aromatic carbocycles. The molecule has 1 amide bonds. The summed E-state index contributed by atoms with van der Waals surface area (Å²) in [5.74, 6) is 0.310. The lowest BCUT2D eigenvalue weighted by Gasteiger charge is -2.24. The fraction of sp³-hybridized carbons (Fsp3) is 0.353. The predicted molar refractivity (Wildman–Crippen MR) is 85.5 cm³/mol. The number of benzene rings is 1. The Labute approximate surface area is 134 Å². The van der Waals surface area contributed by atoms with Crippen molar-refractivity contribution in [2.45, 2.75) is 32.2 Å². The van der Waals surface area contributed by atoms with Crippen LogP contribution in [0, 0.1) is 0 Å². The number of hydrogen-bond acceptors (Lipinski definition) is 4. The Bertz CT molecular complexity index is 747. The number of nitrogens with one attached hydrogen (secondary N) is 1. The zero-order valence-corrected chi connectivity index (χ0v) is 13.4. The molecule has 1 N–H and O–H groups in total. The maximum atomic E-state index is 12.1. The summed E-state index contributed by atoms with van der Waals surface area (Å²) in [6.45, 7) is 4.04. The zero-order valence-electron chi connectivity index (χ0n) is 13.4. The van der Waals surface area contributed by atoms with Gasteiger partial charge in [-0.15, -0.1) is 0 Å². The molecule has 1 aliphatic rings. The molecule has 0 radical (unpaired) electrons. The van der Waals surface area contributed by atoms with Crippen LogP contribution in [0.1, 0.15) is 53.7 Å². The van der Waals surface area contributed by atoms with Crippen LogP contribution in [-0.4, -0.2) is 28.8 Å². The third kappa shape index (κ3) is 2.72. The Morgan fingerprint density at radius 3 is 2.65 bits per heavy atom. The van der Waals surface area contributed by atoms with Crippen molar-refractivity contribution in [3.05, 3.63) is 47.2 Å². The maximum Gasteiger partial charge on any atom is 0.337 e. The van der Waals surface area contributed by atoms with Gasteiger partial charge in [-0.05, 0) is 31.5 Å². The molecule has 1 atom stereocenters. The zero-order chi connectivity index (χ0) is 16.6. The quantitative estimate of drug-likeness (QED) is 0.884. The van der Waals surface area contributed by atoms with Gasteiger partial charge in [0.1, 0.15) is 5.82 Å². The summed E-state index contributed by atoms with van der Waals surface area (Å²) in [6.07, 6.45) is 2.18. The number of carbonyl (C=O) groups is 2. The van der Waals surface area contributed by atoms with Gasteiger partial charge in [0.05, 0.1) is 18.9 Å². The van der Waals surface area contributed by atoms with Gasteiger partial charge in [-0.2, -0.15) is 5.10 Å². The van der Waals surface area contributed by atoms with Gasteiger partial charge < -0.3 is 10.1 Å². The highest BCUT2D eigenvalue weighted by atomic mass is 16.5. The predicted octanol–water partition coefficient (Wildman–Crippen LogP) is 2.72. The van der Waals surface area contributed by atoms with E-state index in [0.29, 0.717) is 12.0 Å². The van der Waals surface area contributed by atoms with Crippen LogP contribution in [0.25, 0.3) is 0 Å². The van der Waals surface area contributed by atoms with E-state index in [4.69, 9.17) is 4.74 Å². The summed E-state index contributed by atoms with van der Waals surface area (Å²) >= 11 is 0. The van der Waals surface area contributed by atoms with E-state index in [2.05, 4.69) is 10.4 Å². The van der Waals surface area contributed by atoms with E-state index in [1.165, 1.54) is 7.11 Å². The van der Waals surface area contributed by atoms with E-state index in [-0.39, 0.29) is 23.8 Å². The lowest BCUT2D eigenvalue weighted by molar-refractivity contribution is -0.116.